The van der Waals surface area contributed by atoms with Gasteiger partial charge in [-0.2, -0.15) is 0 Å². The van der Waals surface area contributed by atoms with Crippen molar-refractivity contribution in [3.8, 4) is 0 Å². The van der Waals surface area contributed by atoms with E-state index in [1.54, 1.807) is 0 Å². The molecule has 1 unspecified atom stereocenters. The zero-order valence-corrected chi connectivity index (χ0v) is 13.0. The fraction of sp³-hybridized carbons (Fsp3) is 0.300. The second-order valence-corrected chi connectivity index (χ2v) is 8.48. The number of benzene rings is 1. The molecule has 1 rings (SSSR count). The largest absolute Gasteiger partial charge is 0.324 e. The standard InChI is InChI=1S/C10H13ClN2O5S2/c1-6(19(2,15)16)10(14)13-9-5-7(20(12,17)18)3-4-8(9)11/h3-6H,1-2H3,(H,13,14)(H2,12,17,18). The fourth-order valence-corrected chi connectivity index (χ4v) is 2.36. The first-order valence-corrected chi connectivity index (χ1v) is 9.13. The quantitative estimate of drug-likeness (QED) is 0.819. The number of rotatable bonds is 4. The summed E-state index contributed by atoms with van der Waals surface area (Å²) in [5.41, 5.74) is -0.0290. The Morgan fingerprint density at radius 2 is 1.85 bits per heavy atom. The van der Waals surface area contributed by atoms with Crippen molar-refractivity contribution in [1.82, 2.24) is 0 Å². The minimum atomic E-state index is -3.95. The lowest BCUT2D eigenvalue weighted by Crippen LogP contribution is -2.32. The van der Waals surface area contributed by atoms with Gasteiger partial charge in [-0.25, -0.2) is 22.0 Å². The van der Waals surface area contributed by atoms with Crippen LogP contribution in [0.2, 0.25) is 5.02 Å². The van der Waals surface area contributed by atoms with E-state index in [4.69, 9.17) is 16.7 Å². The van der Waals surface area contributed by atoms with Crippen molar-refractivity contribution in [3.63, 3.8) is 0 Å². The molecule has 0 bridgehead atoms. The molecule has 20 heavy (non-hydrogen) atoms. The SMILES string of the molecule is CC(C(=O)Nc1cc(S(N)(=O)=O)ccc1Cl)S(C)(=O)=O. The lowest BCUT2D eigenvalue weighted by atomic mass is 10.3. The molecule has 0 aromatic heterocycles. The molecule has 0 aliphatic rings. The van der Waals surface area contributed by atoms with Crippen molar-refractivity contribution in [2.75, 3.05) is 11.6 Å². The highest BCUT2D eigenvalue weighted by Gasteiger charge is 2.24. The number of nitrogens with one attached hydrogen (secondary N) is 1. The summed E-state index contributed by atoms with van der Waals surface area (Å²) in [4.78, 5) is 11.5. The summed E-state index contributed by atoms with van der Waals surface area (Å²) >= 11 is 5.81. The minimum absolute atomic E-state index is 0.0290. The molecule has 1 atom stereocenters. The number of hydrogen-bond acceptors (Lipinski definition) is 5. The number of amides is 1. The van der Waals surface area contributed by atoms with Gasteiger partial charge in [0.25, 0.3) is 0 Å². The molecule has 0 saturated carbocycles. The Balaban J connectivity index is 3.13. The minimum Gasteiger partial charge on any atom is -0.324 e. The van der Waals surface area contributed by atoms with Gasteiger partial charge < -0.3 is 5.32 Å². The van der Waals surface area contributed by atoms with E-state index < -0.39 is 31.0 Å². The van der Waals surface area contributed by atoms with Crippen molar-refractivity contribution in [2.45, 2.75) is 17.1 Å². The molecule has 0 heterocycles. The van der Waals surface area contributed by atoms with Crippen LogP contribution in [0.5, 0.6) is 0 Å². The number of halogens is 1. The number of sulfonamides is 1. The van der Waals surface area contributed by atoms with Gasteiger partial charge in [0.05, 0.1) is 15.6 Å². The van der Waals surface area contributed by atoms with Gasteiger partial charge in [0.1, 0.15) is 5.25 Å². The number of hydrogen-bond donors (Lipinski definition) is 2. The van der Waals surface area contributed by atoms with Gasteiger partial charge in [-0.05, 0) is 25.1 Å². The first-order chi connectivity index (χ1) is 8.93. The van der Waals surface area contributed by atoms with Crippen molar-refractivity contribution < 1.29 is 21.6 Å². The fourth-order valence-electron chi connectivity index (χ4n) is 1.21. The molecule has 112 valence electrons. The number of nitrogens with two attached hydrogens (primary N) is 1. The molecule has 0 aliphatic carbocycles. The van der Waals surface area contributed by atoms with Crippen LogP contribution in [0.1, 0.15) is 6.92 Å². The zero-order valence-electron chi connectivity index (χ0n) is 10.6. The van der Waals surface area contributed by atoms with Gasteiger partial charge >= 0.3 is 0 Å². The zero-order chi connectivity index (χ0) is 15.7. The third-order valence-corrected chi connectivity index (χ3v) is 5.27. The predicted octanol–water partition coefficient (Wildman–Crippen LogP) is 0.359. The second kappa shape index (κ2) is 5.68. The van der Waals surface area contributed by atoms with E-state index in [-0.39, 0.29) is 15.6 Å². The molecule has 7 nitrogen and oxygen atoms in total. The molecule has 1 aromatic carbocycles. The van der Waals surface area contributed by atoms with Crippen molar-refractivity contribution in [2.24, 2.45) is 5.14 Å². The van der Waals surface area contributed by atoms with Crippen LogP contribution in [0.4, 0.5) is 5.69 Å². The molecular weight excluding hydrogens is 328 g/mol. The van der Waals surface area contributed by atoms with Crippen LogP contribution in [0, 0.1) is 0 Å². The van der Waals surface area contributed by atoms with Gasteiger partial charge in [-0.15, -0.1) is 0 Å². The van der Waals surface area contributed by atoms with E-state index in [1.807, 2.05) is 0 Å². The third-order valence-electron chi connectivity index (χ3n) is 2.54. The molecule has 1 amide bonds. The lowest BCUT2D eigenvalue weighted by Gasteiger charge is -2.12. The molecule has 3 N–H and O–H groups in total. The van der Waals surface area contributed by atoms with Crippen molar-refractivity contribution in [3.05, 3.63) is 23.2 Å². The van der Waals surface area contributed by atoms with Gasteiger partial charge in [-0.3, -0.25) is 4.79 Å². The molecule has 10 heteroatoms. The average molecular weight is 341 g/mol. The van der Waals surface area contributed by atoms with Crippen LogP contribution in [-0.4, -0.2) is 34.2 Å². The van der Waals surface area contributed by atoms with Gasteiger partial charge in [0, 0.05) is 6.26 Å². The summed E-state index contributed by atoms with van der Waals surface area (Å²) in [6, 6.07) is 3.47. The van der Waals surface area contributed by atoms with Crippen LogP contribution in [0.3, 0.4) is 0 Å². The van der Waals surface area contributed by atoms with Gasteiger partial charge in [0.2, 0.25) is 15.9 Å². The van der Waals surface area contributed by atoms with E-state index in [9.17, 15) is 21.6 Å². The first kappa shape index (κ1) is 16.9. The van der Waals surface area contributed by atoms with Crippen LogP contribution < -0.4 is 10.5 Å². The summed E-state index contributed by atoms with van der Waals surface area (Å²) < 4.78 is 44.9. The molecule has 0 fully saturated rings. The Labute approximate surface area is 122 Å². The van der Waals surface area contributed by atoms with E-state index in [0.29, 0.717) is 0 Å². The monoisotopic (exact) mass is 340 g/mol. The van der Waals surface area contributed by atoms with E-state index in [1.165, 1.54) is 19.1 Å². The summed E-state index contributed by atoms with van der Waals surface area (Å²) in [6.45, 7) is 1.21. The number of anilines is 1. The summed E-state index contributed by atoms with van der Waals surface area (Å²) in [7, 11) is -7.53. The van der Waals surface area contributed by atoms with E-state index in [2.05, 4.69) is 5.32 Å². The Morgan fingerprint density at radius 1 is 1.30 bits per heavy atom. The lowest BCUT2D eigenvalue weighted by molar-refractivity contribution is -0.115. The van der Waals surface area contributed by atoms with E-state index >= 15 is 0 Å². The number of carbonyl (C=O) groups is 1. The van der Waals surface area contributed by atoms with E-state index in [0.717, 1.165) is 12.3 Å². The summed E-state index contributed by atoms with van der Waals surface area (Å²) in [5.74, 6) is -0.819. The maximum Gasteiger partial charge on any atom is 0.242 e. The molecule has 0 saturated heterocycles. The number of sulfone groups is 1. The molecule has 0 spiro atoms. The maximum atomic E-state index is 11.7. The predicted molar refractivity (Wildman–Crippen MR) is 75.8 cm³/mol. The Morgan fingerprint density at radius 3 is 2.30 bits per heavy atom. The molecule has 0 aliphatic heterocycles. The summed E-state index contributed by atoms with van der Waals surface area (Å²) in [5, 5.41) is 5.98. The molecule has 0 radical (unpaired) electrons. The maximum absolute atomic E-state index is 11.7. The highest BCUT2D eigenvalue weighted by Crippen LogP contribution is 2.25. The highest BCUT2D eigenvalue weighted by molar-refractivity contribution is 7.92. The normalized spacial score (nSPS) is 13.8. The van der Waals surface area contributed by atoms with Crippen LogP contribution in [0.15, 0.2) is 23.1 Å². The molecule has 1 aromatic rings. The third kappa shape index (κ3) is 4.17. The Kier molecular flexibility index (Phi) is 4.80. The topological polar surface area (TPSA) is 123 Å². The first-order valence-electron chi connectivity index (χ1n) is 5.25. The van der Waals surface area contributed by atoms with Crippen LogP contribution in [0.25, 0.3) is 0 Å². The van der Waals surface area contributed by atoms with Crippen LogP contribution in [-0.2, 0) is 24.7 Å². The van der Waals surface area contributed by atoms with Crippen molar-refractivity contribution >= 4 is 43.1 Å². The Hall–Kier alpha value is -1.16. The van der Waals surface area contributed by atoms with Gasteiger partial charge in [0.15, 0.2) is 9.84 Å². The van der Waals surface area contributed by atoms with Crippen molar-refractivity contribution in [1.29, 1.82) is 0 Å². The summed E-state index contributed by atoms with van der Waals surface area (Å²) in [6.07, 6.45) is 0.916. The smallest absolute Gasteiger partial charge is 0.242 e. The number of primary sulfonamides is 1. The Bertz CT molecular complexity index is 743. The highest BCUT2D eigenvalue weighted by atomic mass is 35.5. The van der Waals surface area contributed by atoms with Gasteiger partial charge in [-0.1, -0.05) is 11.6 Å². The second-order valence-electron chi connectivity index (χ2n) is 4.15. The average Bonchev–Trinajstić information content (AvgIpc) is 2.28. The molecular formula is C10H13ClN2O5S2. The number of carbonyl (C=O) groups excluding carboxylic acids is 1. The van der Waals surface area contributed by atoms with Crippen LogP contribution >= 0.6 is 11.6 Å².